The first kappa shape index (κ1) is 14.4. The van der Waals surface area contributed by atoms with Crippen molar-refractivity contribution in [2.45, 2.75) is 19.8 Å². The Hall–Kier alpha value is -1.62. The zero-order valence-corrected chi connectivity index (χ0v) is 10.7. The molecule has 1 rings (SSSR count). The molecular weight excluding hydrogens is 235 g/mol. The second-order valence-corrected chi connectivity index (χ2v) is 4.20. The Labute approximate surface area is 106 Å². The summed E-state index contributed by atoms with van der Waals surface area (Å²) in [4.78, 5) is 11.8. The number of ether oxygens (including phenoxy) is 1. The predicted molar refractivity (Wildman–Crippen MR) is 69.0 cm³/mol. The van der Waals surface area contributed by atoms with E-state index >= 15 is 0 Å². The molecule has 18 heavy (non-hydrogen) atoms. The van der Waals surface area contributed by atoms with Gasteiger partial charge in [-0.15, -0.1) is 0 Å². The van der Waals surface area contributed by atoms with Gasteiger partial charge < -0.3 is 15.8 Å². The smallest absolute Gasteiger partial charge is 0.227 e. The Morgan fingerprint density at radius 3 is 2.83 bits per heavy atom. The molecule has 0 aliphatic carbocycles. The summed E-state index contributed by atoms with van der Waals surface area (Å²) < 4.78 is 18.2. The third-order valence-corrected chi connectivity index (χ3v) is 2.66. The first-order chi connectivity index (χ1) is 8.56. The van der Waals surface area contributed by atoms with Crippen LogP contribution in [0.15, 0.2) is 18.2 Å². The maximum Gasteiger partial charge on any atom is 0.227 e. The van der Waals surface area contributed by atoms with Crippen molar-refractivity contribution < 1.29 is 13.9 Å². The highest BCUT2D eigenvalue weighted by atomic mass is 19.1. The number of benzene rings is 1. The molecule has 0 radical (unpaired) electrons. The lowest BCUT2D eigenvalue weighted by atomic mass is 10.0. The summed E-state index contributed by atoms with van der Waals surface area (Å²) in [6.07, 6.45) is 1.51. The highest BCUT2D eigenvalue weighted by molar-refractivity contribution is 5.92. The van der Waals surface area contributed by atoms with Gasteiger partial charge >= 0.3 is 0 Å². The van der Waals surface area contributed by atoms with Gasteiger partial charge in [0, 0.05) is 23.7 Å². The zero-order valence-electron chi connectivity index (χ0n) is 10.7. The number of hydrogen-bond donors (Lipinski definition) is 2. The van der Waals surface area contributed by atoms with Crippen LogP contribution in [0, 0.1) is 11.7 Å². The first-order valence-electron chi connectivity index (χ1n) is 5.92. The number of hydrogen-bond acceptors (Lipinski definition) is 3. The molecule has 1 amide bonds. The standard InChI is InChI=1S/C13H19FN2O2/c1-9(4-3-5-15)13(17)16-11-6-10(14)7-12(8-11)18-2/h6-9H,3-5,15H2,1-2H3,(H,16,17). The number of carbonyl (C=O) groups excluding carboxylic acids is 1. The van der Waals surface area contributed by atoms with E-state index in [4.69, 9.17) is 10.5 Å². The van der Waals surface area contributed by atoms with Crippen molar-refractivity contribution in [1.29, 1.82) is 0 Å². The number of rotatable bonds is 6. The van der Waals surface area contributed by atoms with Crippen molar-refractivity contribution in [3.8, 4) is 5.75 Å². The monoisotopic (exact) mass is 254 g/mol. The summed E-state index contributed by atoms with van der Waals surface area (Å²) in [5, 5.41) is 2.67. The summed E-state index contributed by atoms with van der Waals surface area (Å²) in [6, 6.07) is 4.10. The number of nitrogens with two attached hydrogens (primary N) is 1. The molecule has 0 saturated carbocycles. The molecule has 1 atom stereocenters. The van der Waals surface area contributed by atoms with Crippen molar-refractivity contribution >= 4 is 11.6 Å². The van der Waals surface area contributed by atoms with Gasteiger partial charge in [-0.3, -0.25) is 4.79 Å². The third kappa shape index (κ3) is 4.33. The topological polar surface area (TPSA) is 64.3 Å². The van der Waals surface area contributed by atoms with Gasteiger partial charge in [0.1, 0.15) is 11.6 Å². The molecule has 0 saturated heterocycles. The van der Waals surface area contributed by atoms with E-state index in [1.54, 1.807) is 6.07 Å². The Bertz CT molecular complexity index is 410. The maximum absolute atomic E-state index is 13.2. The van der Waals surface area contributed by atoms with E-state index in [2.05, 4.69) is 5.32 Å². The van der Waals surface area contributed by atoms with Crippen LogP contribution in [0.1, 0.15) is 19.8 Å². The third-order valence-electron chi connectivity index (χ3n) is 2.66. The molecule has 0 aliphatic rings. The fourth-order valence-corrected chi connectivity index (χ4v) is 1.57. The van der Waals surface area contributed by atoms with Gasteiger partial charge in [0.15, 0.2) is 0 Å². The fraction of sp³-hybridized carbons (Fsp3) is 0.462. The number of methoxy groups -OCH3 is 1. The fourth-order valence-electron chi connectivity index (χ4n) is 1.57. The van der Waals surface area contributed by atoms with Crippen LogP contribution in [0.4, 0.5) is 10.1 Å². The minimum atomic E-state index is -0.445. The molecule has 100 valence electrons. The average molecular weight is 254 g/mol. The molecular formula is C13H19FN2O2. The van der Waals surface area contributed by atoms with Gasteiger partial charge in [0.25, 0.3) is 0 Å². The SMILES string of the molecule is COc1cc(F)cc(NC(=O)C(C)CCCN)c1. The molecule has 0 fully saturated rings. The summed E-state index contributed by atoms with van der Waals surface area (Å²) in [5.74, 6) is -0.363. The van der Waals surface area contributed by atoms with Gasteiger partial charge in [-0.2, -0.15) is 0 Å². The Morgan fingerprint density at radius 2 is 2.22 bits per heavy atom. The second kappa shape index (κ2) is 6.96. The van der Waals surface area contributed by atoms with Crippen molar-refractivity contribution in [1.82, 2.24) is 0 Å². The number of anilines is 1. The van der Waals surface area contributed by atoms with Gasteiger partial charge in [-0.1, -0.05) is 6.92 Å². The van der Waals surface area contributed by atoms with Crippen LogP contribution in [-0.2, 0) is 4.79 Å². The van der Waals surface area contributed by atoms with E-state index in [0.717, 1.165) is 12.8 Å². The van der Waals surface area contributed by atoms with Crippen molar-refractivity contribution in [2.75, 3.05) is 19.0 Å². The van der Waals surface area contributed by atoms with Gasteiger partial charge in [-0.25, -0.2) is 4.39 Å². The Balaban J connectivity index is 2.66. The van der Waals surface area contributed by atoms with Crippen molar-refractivity contribution in [3.63, 3.8) is 0 Å². The lowest BCUT2D eigenvalue weighted by Crippen LogP contribution is -2.21. The number of nitrogens with one attached hydrogen (secondary N) is 1. The molecule has 0 heterocycles. The van der Waals surface area contributed by atoms with Crippen LogP contribution in [0.2, 0.25) is 0 Å². The molecule has 1 aromatic carbocycles. The van der Waals surface area contributed by atoms with Crippen LogP contribution in [0.3, 0.4) is 0 Å². The normalized spacial score (nSPS) is 12.0. The molecule has 0 aromatic heterocycles. The Morgan fingerprint density at radius 1 is 1.50 bits per heavy atom. The highest BCUT2D eigenvalue weighted by Gasteiger charge is 2.13. The molecule has 0 spiro atoms. The Kier molecular flexibility index (Phi) is 5.58. The predicted octanol–water partition coefficient (Wildman–Crippen LogP) is 2.15. The van der Waals surface area contributed by atoms with E-state index in [9.17, 15) is 9.18 Å². The van der Waals surface area contributed by atoms with E-state index in [-0.39, 0.29) is 11.8 Å². The minimum absolute atomic E-state index is 0.142. The van der Waals surface area contributed by atoms with Crippen LogP contribution in [0.5, 0.6) is 5.75 Å². The molecule has 3 N–H and O–H groups in total. The van der Waals surface area contributed by atoms with Gasteiger partial charge in [0.2, 0.25) is 5.91 Å². The van der Waals surface area contributed by atoms with Crippen LogP contribution in [-0.4, -0.2) is 19.6 Å². The first-order valence-corrected chi connectivity index (χ1v) is 5.92. The van der Waals surface area contributed by atoms with Crippen molar-refractivity contribution in [3.05, 3.63) is 24.0 Å². The average Bonchev–Trinajstić information content (AvgIpc) is 2.34. The largest absolute Gasteiger partial charge is 0.497 e. The summed E-state index contributed by atoms with van der Waals surface area (Å²) in [6.45, 7) is 2.38. The number of halogens is 1. The van der Waals surface area contributed by atoms with Gasteiger partial charge in [-0.05, 0) is 25.5 Å². The van der Waals surface area contributed by atoms with E-state index in [0.29, 0.717) is 18.0 Å². The maximum atomic E-state index is 13.2. The molecule has 1 unspecified atom stereocenters. The van der Waals surface area contributed by atoms with Crippen LogP contribution in [0.25, 0.3) is 0 Å². The quantitative estimate of drug-likeness (QED) is 0.817. The van der Waals surface area contributed by atoms with E-state index < -0.39 is 5.82 Å². The van der Waals surface area contributed by atoms with E-state index in [1.165, 1.54) is 19.2 Å². The highest BCUT2D eigenvalue weighted by Crippen LogP contribution is 2.20. The van der Waals surface area contributed by atoms with Crippen LogP contribution >= 0.6 is 0 Å². The lowest BCUT2D eigenvalue weighted by Gasteiger charge is -2.12. The van der Waals surface area contributed by atoms with E-state index in [1.807, 2.05) is 6.92 Å². The number of carbonyl (C=O) groups is 1. The molecule has 0 bridgehead atoms. The minimum Gasteiger partial charge on any atom is -0.497 e. The van der Waals surface area contributed by atoms with Crippen molar-refractivity contribution in [2.24, 2.45) is 11.7 Å². The molecule has 4 nitrogen and oxygen atoms in total. The second-order valence-electron chi connectivity index (χ2n) is 4.20. The van der Waals surface area contributed by atoms with Gasteiger partial charge in [0.05, 0.1) is 7.11 Å². The molecule has 0 aliphatic heterocycles. The summed E-state index contributed by atoms with van der Waals surface area (Å²) in [7, 11) is 1.45. The lowest BCUT2D eigenvalue weighted by molar-refractivity contribution is -0.119. The number of amides is 1. The zero-order chi connectivity index (χ0) is 13.5. The molecule has 5 heteroatoms. The summed E-state index contributed by atoms with van der Waals surface area (Å²) in [5.41, 5.74) is 5.79. The van der Waals surface area contributed by atoms with Crippen LogP contribution < -0.4 is 15.8 Å². The molecule has 1 aromatic rings. The summed E-state index contributed by atoms with van der Waals surface area (Å²) >= 11 is 0.